The fourth-order valence-corrected chi connectivity index (χ4v) is 3.96. The van der Waals surface area contributed by atoms with E-state index < -0.39 is 0 Å². The first kappa shape index (κ1) is 18.9. The normalized spacial score (nSPS) is 21.0. The molecule has 2 saturated heterocycles. The number of carbonyl (C=O) groups is 1. The average Bonchev–Trinajstić information content (AvgIpc) is 3.20. The second kappa shape index (κ2) is 9.20. The zero-order valence-electron chi connectivity index (χ0n) is 16.1. The number of ether oxygens (including phenoxy) is 1. The molecule has 9 heteroatoms. The molecule has 0 N–H and O–H groups in total. The third-order valence-electron chi connectivity index (χ3n) is 5.50. The summed E-state index contributed by atoms with van der Waals surface area (Å²) in [4.78, 5) is 21.5. The van der Waals surface area contributed by atoms with Crippen molar-refractivity contribution in [3.8, 4) is 0 Å². The molecule has 4 heterocycles. The molecular formula is C19H27N7O2. The Morgan fingerprint density at radius 2 is 2.11 bits per heavy atom. The lowest BCUT2D eigenvalue weighted by atomic mass is 9.96. The first-order valence-electron chi connectivity index (χ1n) is 10.1. The molecule has 0 saturated carbocycles. The van der Waals surface area contributed by atoms with Gasteiger partial charge in [-0.3, -0.25) is 14.7 Å². The Labute approximate surface area is 164 Å². The van der Waals surface area contributed by atoms with Crippen LogP contribution < -0.4 is 0 Å². The molecule has 150 valence electrons. The van der Waals surface area contributed by atoms with Crippen LogP contribution in [-0.4, -0.2) is 73.7 Å². The summed E-state index contributed by atoms with van der Waals surface area (Å²) in [7, 11) is 0. The molecule has 0 radical (unpaired) electrons. The molecule has 0 spiro atoms. The number of pyridine rings is 1. The quantitative estimate of drug-likeness (QED) is 0.734. The van der Waals surface area contributed by atoms with Gasteiger partial charge in [0.1, 0.15) is 0 Å². The number of carbonyl (C=O) groups excluding carboxylic acids is 1. The van der Waals surface area contributed by atoms with Crippen LogP contribution in [0, 0.1) is 0 Å². The van der Waals surface area contributed by atoms with Crippen LogP contribution in [0.2, 0.25) is 0 Å². The van der Waals surface area contributed by atoms with Gasteiger partial charge in [-0.25, -0.2) is 4.68 Å². The summed E-state index contributed by atoms with van der Waals surface area (Å²) < 4.78 is 7.15. The van der Waals surface area contributed by atoms with Gasteiger partial charge in [0.05, 0.1) is 32.3 Å². The van der Waals surface area contributed by atoms with E-state index in [0.717, 1.165) is 63.5 Å². The van der Waals surface area contributed by atoms with Gasteiger partial charge >= 0.3 is 0 Å². The number of rotatable bonds is 6. The van der Waals surface area contributed by atoms with Gasteiger partial charge in [-0.2, -0.15) is 0 Å². The zero-order valence-corrected chi connectivity index (χ0v) is 16.1. The molecule has 0 unspecified atom stereocenters. The van der Waals surface area contributed by atoms with Crippen molar-refractivity contribution in [3.05, 3.63) is 35.9 Å². The van der Waals surface area contributed by atoms with Gasteiger partial charge in [0.25, 0.3) is 0 Å². The van der Waals surface area contributed by atoms with E-state index in [9.17, 15) is 4.79 Å². The summed E-state index contributed by atoms with van der Waals surface area (Å²) in [6.07, 6.45) is 7.22. The fraction of sp³-hybridized carbons (Fsp3) is 0.632. The zero-order chi connectivity index (χ0) is 19.2. The molecule has 0 aromatic carbocycles. The fourth-order valence-electron chi connectivity index (χ4n) is 3.96. The van der Waals surface area contributed by atoms with E-state index in [1.165, 1.54) is 0 Å². The molecule has 1 atom stereocenters. The van der Waals surface area contributed by atoms with Crippen LogP contribution in [0.3, 0.4) is 0 Å². The molecule has 2 aliphatic rings. The van der Waals surface area contributed by atoms with Crippen molar-refractivity contribution in [1.29, 1.82) is 0 Å². The SMILES string of the molecule is O=C(CCn1nnnc1CN1CCOCC1)N1CCCC[C@@H]1c1cccnc1. The highest BCUT2D eigenvalue weighted by atomic mass is 16.5. The Balaban J connectivity index is 1.36. The van der Waals surface area contributed by atoms with E-state index in [0.29, 0.717) is 19.5 Å². The van der Waals surface area contributed by atoms with Gasteiger partial charge < -0.3 is 9.64 Å². The van der Waals surface area contributed by atoms with E-state index in [-0.39, 0.29) is 11.9 Å². The van der Waals surface area contributed by atoms with E-state index in [1.54, 1.807) is 10.9 Å². The lowest BCUT2D eigenvalue weighted by Gasteiger charge is -2.36. The Hall–Kier alpha value is -2.39. The highest BCUT2D eigenvalue weighted by Gasteiger charge is 2.28. The molecule has 9 nitrogen and oxygen atoms in total. The summed E-state index contributed by atoms with van der Waals surface area (Å²) in [5.41, 5.74) is 1.12. The van der Waals surface area contributed by atoms with E-state index in [1.807, 2.05) is 17.2 Å². The molecule has 2 fully saturated rings. The summed E-state index contributed by atoms with van der Waals surface area (Å²) in [6.45, 7) is 5.23. The second-order valence-electron chi connectivity index (χ2n) is 7.34. The summed E-state index contributed by atoms with van der Waals surface area (Å²) >= 11 is 0. The van der Waals surface area contributed by atoms with Gasteiger partial charge in [0, 0.05) is 38.4 Å². The summed E-state index contributed by atoms with van der Waals surface area (Å²) in [5, 5.41) is 12.1. The standard InChI is InChI=1S/C19H27N7O2/c27-19(25-8-2-1-5-17(25)16-4-3-7-20-14-16)6-9-26-18(21-22-23-26)15-24-10-12-28-13-11-24/h3-4,7,14,17H,1-2,5-6,8-13,15H2/t17-/m1/s1. The van der Waals surface area contributed by atoms with Crippen LogP contribution in [-0.2, 0) is 22.6 Å². The third kappa shape index (κ3) is 4.53. The van der Waals surface area contributed by atoms with Gasteiger partial charge in [-0.15, -0.1) is 5.10 Å². The first-order chi connectivity index (χ1) is 13.8. The number of nitrogens with zero attached hydrogens (tertiary/aromatic N) is 7. The van der Waals surface area contributed by atoms with Crippen LogP contribution in [0.15, 0.2) is 24.5 Å². The number of piperidine rings is 1. The number of tetrazole rings is 1. The van der Waals surface area contributed by atoms with Crippen molar-refractivity contribution >= 4 is 5.91 Å². The maximum atomic E-state index is 13.0. The van der Waals surface area contributed by atoms with Crippen molar-refractivity contribution in [2.75, 3.05) is 32.8 Å². The summed E-state index contributed by atoms with van der Waals surface area (Å²) in [6, 6.07) is 4.12. The van der Waals surface area contributed by atoms with Gasteiger partial charge in [-0.1, -0.05) is 6.07 Å². The minimum absolute atomic E-state index is 0.122. The van der Waals surface area contributed by atoms with Gasteiger partial charge in [0.2, 0.25) is 5.91 Å². The number of hydrogen-bond donors (Lipinski definition) is 0. The smallest absolute Gasteiger partial charge is 0.224 e. The predicted octanol–water partition coefficient (Wildman–Crippen LogP) is 1.04. The first-order valence-corrected chi connectivity index (χ1v) is 10.1. The minimum atomic E-state index is 0.122. The molecule has 2 aromatic rings. The van der Waals surface area contributed by atoms with Crippen LogP contribution in [0.1, 0.15) is 43.1 Å². The highest BCUT2D eigenvalue weighted by Crippen LogP contribution is 2.30. The molecule has 2 aromatic heterocycles. The lowest BCUT2D eigenvalue weighted by Crippen LogP contribution is -2.39. The van der Waals surface area contributed by atoms with Crippen LogP contribution in [0.4, 0.5) is 0 Å². The lowest BCUT2D eigenvalue weighted by molar-refractivity contribution is -0.135. The van der Waals surface area contributed by atoms with Crippen molar-refractivity contribution in [3.63, 3.8) is 0 Å². The van der Waals surface area contributed by atoms with Crippen molar-refractivity contribution in [2.45, 2.75) is 44.8 Å². The van der Waals surface area contributed by atoms with Crippen LogP contribution >= 0.6 is 0 Å². The molecule has 0 aliphatic carbocycles. The number of morpholine rings is 1. The molecule has 0 bridgehead atoms. The number of aromatic nitrogens is 5. The Kier molecular flexibility index (Phi) is 6.23. The second-order valence-corrected chi connectivity index (χ2v) is 7.34. The van der Waals surface area contributed by atoms with Crippen LogP contribution in [0.25, 0.3) is 0 Å². The van der Waals surface area contributed by atoms with Crippen molar-refractivity contribution in [2.24, 2.45) is 0 Å². The number of amides is 1. The average molecular weight is 385 g/mol. The van der Waals surface area contributed by atoms with Crippen molar-refractivity contribution < 1.29 is 9.53 Å². The molecule has 1 amide bonds. The van der Waals surface area contributed by atoms with E-state index in [2.05, 4.69) is 31.5 Å². The topological polar surface area (TPSA) is 89.3 Å². The van der Waals surface area contributed by atoms with E-state index >= 15 is 0 Å². The summed E-state index contributed by atoms with van der Waals surface area (Å²) in [5.74, 6) is 0.957. The van der Waals surface area contributed by atoms with Crippen LogP contribution in [0.5, 0.6) is 0 Å². The Morgan fingerprint density at radius 3 is 2.93 bits per heavy atom. The molecule has 28 heavy (non-hydrogen) atoms. The molecular weight excluding hydrogens is 358 g/mol. The predicted molar refractivity (Wildman–Crippen MR) is 101 cm³/mol. The third-order valence-corrected chi connectivity index (χ3v) is 5.50. The monoisotopic (exact) mass is 385 g/mol. The largest absolute Gasteiger partial charge is 0.379 e. The number of likely N-dealkylation sites (tertiary alicyclic amines) is 1. The molecule has 2 aliphatic heterocycles. The molecule has 4 rings (SSSR count). The van der Waals surface area contributed by atoms with Gasteiger partial charge in [0.15, 0.2) is 5.82 Å². The van der Waals surface area contributed by atoms with E-state index in [4.69, 9.17) is 4.74 Å². The minimum Gasteiger partial charge on any atom is -0.379 e. The Bertz CT molecular complexity index is 761. The van der Waals surface area contributed by atoms with Gasteiger partial charge in [-0.05, 0) is 41.3 Å². The number of hydrogen-bond acceptors (Lipinski definition) is 7. The maximum Gasteiger partial charge on any atom is 0.224 e. The Morgan fingerprint density at radius 1 is 1.21 bits per heavy atom. The highest BCUT2D eigenvalue weighted by molar-refractivity contribution is 5.76. The maximum absolute atomic E-state index is 13.0. The van der Waals surface area contributed by atoms with Crippen molar-refractivity contribution in [1.82, 2.24) is 35.0 Å². The number of aryl methyl sites for hydroxylation is 1.